The molecule has 0 heterocycles. The molecule has 5 rings (SSSR count). The molecule has 230 valence electrons. The maximum absolute atomic E-state index is 3.67. The third kappa shape index (κ3) is 10.6. The molecule has 0 radical (unpaired) electrons. The van der Waals surface area contributed by atoms with Crippen LogP contribution in [0.5, 0.6) is 0 Å². The van der Waals surface area contributed by atoms with Crippen LogP contribution in [0.3, 0.4) is 0 Å². The summed E-state index contributed by atoms with van der Waals surface area (Å²) in [4.78, 5) is 0. The Hall–Kier alpha value is -0.877. The Morgan fingerprint density at radius 3 is 1.81 bits per heavy atom. The van der Waals surface area contributed by atoms with Gasteiger partial charge in [-0.2, -0.15) is 46.5 Å². The summed E-state index contributed by atoms with van der Waals surface area (Å²) in [5.74, 6) is 0. The fraction of sp³-hybridized carbons (Fsp3) is 0.538. The van der Waals surface area contributed by atoms with E-state index in [4.69, 9.17) is 0 Å². The number of fused-ring (bicyclic) bond motifs is 3. The summed E-state index contributed by atoms with van der Waals surface area (Å²) in [6.07, 6.45) is 9.49. The second kappa shape index (κ2) is 15.9. The van der Waals surface area contributed by atoms with Crippen LogP contribution in [0.1, 0.15) is 140 Å². The topological polar surface area (TPSA) is 0 Å². The number of benzene rings is 2. The van der Waals surface area contributed by atoms with Gasteiger partial charge in [-0.25, -0.2) is 6.07 Å². The van der Waals surface area contributed by atoms with Crippen LogP contribution in [0, 0.1) is 13.0 Å². The van der Waals surface area contributed by atoms with E-state index in [1.54, 1.807) is 27.4 Å². The Kier molecular flexibility index (Phi) is 14.8. The van der Waals surface area contributed by atoms with E-state index in [1.807, 2.05) is 0 Å². The van der Waals surface area contributed by atoms with Gasteiger partial charge in [0.1, 0.15) is 0 Å². The fourth-order valence-electron chi connectivity index (χ4n) is 5.71. The SMILES string of the molecule is CC(C)(C)c1[c-]c2c(cc1)-c1ccc(C(C)(C)C)cc1C2.CCc1[cH-]c(C)cc1C(C)(C)C.[Cl-].[Cl-].[Zr+2]=[C]1CCCCC1. The van der Waals surface area contributed by atoms with Gasteiger partial charge in [-0.05, 0) is 28.4 Å². The third-order valence-corrected chi connectivity index (χ3v) is 9.46. The average Bonchev–Trinajstić information content (AvgIpc) is 3.43. The number of hydrogen-bond acceptors (Lipinski definition) is 0. The first-order chi connectivity index (χ1) is 18.5. The van der Waals surface area contributed by atoms with Crippen molar-refractivity contribution in [2.75, 3.05) is 0 Å². The van der Waals surface area contributed by atoms with Gasteiger partial charge in [0.05, 0.1) is 0 Å². The van der Waals surface area contributed by atoms with Crippen molar-refractivity contribution in [1.82, 2.24) is 0 Å². The molecule has 1 saturated carbocycles. The first-order valence-corrected chi connectivity index (χ1v) is 16.8. The molecule has 3 aromatic carbocycles. The molecule has 0 amide bonds. The van der Waals surface area contributed by atoms with Crippen molar-refractivity contribution in [2.24, 2.45) is 0 Å². The quantitative estimate of drug-likeness (QED) is 0.251. The summed E-state index contributed by atoms with van der Waals surface area (Å²) in [6, 6.07) is 19.8. The second-order valence-electron chi connectivity index (χ2n) is 15.1. The Balaban J connectivity index is 0.000000356. The molecule has 0 aromatic heterocycles. The van der Waals surface area contributed by atoms with Crippen LogP contribution < -0.4 is 24.8 Å². The molecule has 0 N–H and O–H groups in total. The van der Waals surface area contributed by atoms with Crippen molar-refractivity contribution in [3.8, 4) is 11.1 Å². The molecule has 2 aliphatic carbocycles. The van der Waals surface area contributed by atoms with E-state index in [2.05, 4.69) is 125 Å². The van der Waals surface area contributed by atoms with Gasteiger partial charge in [0.2, 0.25) is 0 Å². The van der Waals surface area contributed by atoms with Gasteiger partial charge in [0, 0.05) is 0 Å². The van der Waals surface area contributed by atoms with Crippen LogP contribution in [0.2, 0.25) is 0 Å². The molecular weight excluding hydrogens is 631 g/mol. The van der Waals surface area contributed by atoms with Crippen LogP contribution >= 0.6 is 0 Å². The van der Waals surface area contributed by atoms with Gasteiger partial charge in [-0.15, -0.1) is 11.1 Å². The number of aryl methyl sites for hydroxylation is 2. The van der Waals surface area contributed by atoms with Crippen LogP contribution in [0.25, 0.3) is 11.1 Å². The first kappa shape index (κ1) is 39.1. The molecule has 42 heavy (non-hydrogen) atoms. The van der Waals surface area contributed by atoms with Gasteiger partial charge in [-0.1, -0.05) is 112 Å². The molecule has 1 fully saturated rings. The van der Waals surface area contributed by atoms with Crippen LogP contribution in [0.15, 0.2) is 42.5 Å². The Morgan fingerprint density at radius 2 is 1.36 bits per heavy atom. The summed E-state index contributed by atoms with van der Waals surface area (Å²) >= 11 is 1.69. The van der Waals surface area contributed by atoms with Crippen molar-refractivity contribution < 1.29 is 49.0 Å². The monoisotopic (exact) mass is 682 g/mol. The predicted molar refractivity (Wildman–Crippen MR) is 174 cm³/mol. The normalized spacial score (nSPS) is 14.3. The number of rotatable bonds is 1. The molecule has 0 spiro atoms. The fourth-order valence-corrected chi connectivity index (χ4v) is 6.58. The van der Waals surface area contributed by atoms with Gasteiger partial charge >= 0.3 is 59.5 Å². The van der Waals surface area contributed by atoms with Crippen molar-refractivity contribution in [1.29, 1.82) is 0 Å². The van der Waals surface area contributed by atoms with Crippen molar-refractivity contribution in [3.63, 3.8) is 0 Å². The molecule has 0 aliphatic heterocycles. The summed E-state index contributed by atoms with van der Waals surface area (Å²) in [5.41, 5.74) is 13.4. The maximum atomic E-state index is 3.67. The van der Waals surface area contributed by atoms with Crippen molar-refractivity contribution >= 4 is 3.21 Å². The molecule has 0 nitrogen and oxygen atoms in total. The average molecular weight is 685 g/mol. The molecule has 3 heteroatoms. The summed E-state index contributed by atoms with van der Waals surface area (Å²) in [6.45, 7) is 24.8. The van der Waals surface area contributed by atoms with Gasteiger partial charge in [-0.3, -0.25) is 0 Å². The van der Waals surface area contributed by atoms with E-state index in [-0.39, 0.29) is 35.6 Å². The van der Waals surface area contributed by atoms with Crippen LogP contribution in [0.4, 0.5) is 0 Å². The second-order valence-corrected chi connectivity index (χ2v) is 16.8. The molecular formula is C39H54Cl2Zr-2. The number of halogens is 2. The number of hydrogen-bond donors (Lipinski definition) is 0. The molecule has 0 bridgehead atoms. The van der Waals surface area contributed by atoms with E-state index in [9.17, 15) is 0 Å². The molecule has 0 atom stereocenters. The Morgan fingerprint density at radius 1 is 0.762 bits per heavy atom. The standard InChI is InChI=1S/C21H25.C12H19.C6H10.2ClH.Zr/c1-20(2,3)16-7-9-18-14(12-16)11-15-13-17(21(4,5)6)8-10-19(15)18;1-6-10-7-9(2)8-11(10)12(3,4)5;1-2-4-6-5-3-1;;;/h7-10,12H,11H2,1-6H3;7-8H,6H2,1-5H3;1-5H2;2*1H;/q2*-1;;;;+2/p-2. The van der Waals surface area contributed by atoms with Crippen molar-refractivity contribution in [2.45, 2.75) is 137 Å². The molecule has 0 unspecified atom stereocenters. The summed E-state index contributed by atoms with van der Waals surface area (Å²) < 4.78 is 1.80. The minimum absolute atomic E-state index is 0. The minimum atomic E-state index is 0. The molecule has 0 saturated heterocycles. The van der Waals surface area contributed by atoms with Gasteiger partial charge in [0.15, 0.2) is 0 Å². The van der Waals surface area contributed by atoms with E-state index in [1.165, 1.54) is 82.2 Å². The molecule has 3 aromatic rings. The zero-order valence-corrected chi connectivity index (χ0v) is 32.2. The summed E-state index contributed by atoms with van der Waals surface area (Å²) in [5, 5.41) is 0. The third-order valence-electron chi connectivity index (χ3n) is 8.23. The Bertz CT molecular complexity index is 1240. The van der Waals surface area contributed by atoms with Crippen molar-refractivity contribution in [3.05, 3.63) is 87.5 Å². The van der Waals surface area contributed by atoms with Crippen LogP contribution in [-0.2, 0) is 53.3 Å². The first-order valence-electron chi connectivity index (χ1n) is 15.5. The van der Waals surface area contributed by atoms with Gasteiger partial charge in [0.25, 0.3) is 0 Å². The predicted octanol–water partition coefficient (Wildman–Crippen LogP) is 4.90. The van der Waals surface area contributed by atoms with E-state index < -0.39 is 0 Å². The van der Waals surface area contributed by atoms with Crippen LogP contribution in [-0.4, -0.2) is 3.21 Å². The van der Waals surface area contributed by atoms with E-state index in [0.717, 1.165) is 12.8 Å². The summed E-state index contributed by atoms with van der Waals surface area (Å²) in [7, 11) is 0. The zero-order chi connectivity index (χ0) is 29.9. The Labute approximate surface area is 286 Å². The van der Waals surface area contributed by atoms with Gasteiger partial charge < -0.3 is 24.8 Å². The molecule has 2 aliphatic rings. The zero-order valence-electron chi connectivity index (χ0n) is 28.2. The van der Waals surface area contributed by atoms with E-state index in [0.29, 0.717) is 5.41 Å². The van der Waals surface area contributed by atoms with E-state index >= 15 is 0 Å².